The van der Waals surface area contributed by atoms with Crippen LogP contribution < -0.4 is 5.73 Å². The molecule has 1 aliphatic heterocycles. The van der Waals surface area contributed by atoms with Crippen LogP contribution in [0.3, 0.4) is 0 Å². The largest absolute Gasteiger partial charge is 0.373 e. The zero-order valence-corrected chi connectivity index (χ0v) is 6.31. The number of ether oxygens (including phenoxy) is 1. The van der Waals surface area contributed by atoms with Crippen LogP contribution in [0.15, 0.2) is 0 Å². The van der Waals surface area contributed by atoms with Gasteiger partial charge in [-0.1, -0.05) is 0 Å². The quantitative estimate of drug-likeness (QED) is 0.547. The molecule has 2 atom stereocenters. The Morgan fingerprint density at radius 2 is 2.10 bits per heavy atom. The van der Waals surface area contributed by atoms with Gasteiger partial charge < -0.3 is 10.5 Å². The predicted octanol–water partition coefficient (Wildman–Crippen LogP) is 1.05. The van der Waals surface area contributed by atoms with Gasteiger partial charge in [0.05, 0.1) is 5.60 Å². The van der Waals surface area contributed by atoms with Crippen molar-refractivity contribution in [3.8, 4) is 0 Å². The maximum absolute atomic E-state index is 5.95. The molecule has 0 amide bonds. The van der Waals surface area contributed by atoms with E-state index in [9.17, 15) is 0 Å². The molecular weight excluding hydrogens is 126 g/mol. The van der Waals surface area contributed by atoms with Crippen molar-refractivity contribution in [3.05, 3.63) is 0 Å². The minimum Gasteiger partial charge on any atom is -0.373 e. The van der Waals surface area contributed by atoms with Crippen molar-refractivity contribution in [2.45, 2.75) is 43.7 Å². The summed E-state index contributed by atoms with van der Waals surface area (Å²) in [5.41, 5.74) is 6.08. The van der Waals surface area contributed by atoms with E-state index in [0.29, 0.717) is 6.04 Å². The third-order valence-corrected chi connectivity index (χ3v) is 2.92. The maximum Gasteiger partial charge on any atom is 0.0833 e. The Kier molecular flexibility index (Phi) is 1.46. The molecule has 0 aromatic heterocycles. The van der Waals surface area contributed by atoms with Crippen LogP contribution in [0.2, 0.25) is 0 Å². The van der Waals surface area contributed by atoms with E-state index in [-0.39, 0.29) is 5.60 Å². The molecule has 1 aliphatic carbocycles. The van der Waals surface area contributed by atoms with Crippen LogP contribution in [0.4, 0.5) is 0 Å². The molecule has 2 aliphatic rings. The van der Waals surface area contributed by atoms with Crippen molar-refractivity contribution in [1.82, 2.24) is 0 Å². The van der Waals surface area contributed by atoms with E-state index in [4.69, 9.17) is 10.5 Å². The van der Waals surface area contributed by atoms with Crippen LogP contribution in [0.5, 0.6) is 0 Å². The van der Waals surface area contributed by atoms with Gasteiger partial charge in [-0.05, 0) is 32.1 Å². The lowest BCUT2D eigenvalue weighted by molar-refractivity contribution is -0.00188. The lowest BCUT2D eigenvalue weighted by atomic mass is 9.95. The van der Waals surface area contributed by atoms with Gasteiger partial charge in [-0.25, -0.2) is 0 Å². The molecule has 1 heterocycles. The second-order valence-electron chi connectivity index (χ2n) is 3.52. The predicted molar refractivity (Wildman–Crippen MR) is 39.7 cm³/mol. The first-order chi connectivity index (χ1) is 4.83. The van der Waals surface area contributed by atoms with Crippen LogP contribution in [-0.2, 0) is 4.74 Å². The van der Waals surface area contributed by atoms with Crippen molar-refractivity contribution in [2.75, 3.05) is 6.61 Å². The second kappa shape index (κ2) is 2.21. The lowest BCUT2D eigenvalue weighted by Gasteiger charge is -2.27. The highest BCUT2D eigenvalue weighted by Gasteiger charge is 2.43. The summed E-state index contributed by atoms with van der Waals surface area (Å²) in [5, 5.41) is 0. The van der Waals surface area contributed by atoms with Gasteiger partial charge in [-0.2, -0.15) is 0 Å². The van der Waals surface area contributed by atoms with Crippen LogP contribution >= 0.6 is 0 Å². The van der Waals surface area contributed by atoms with E-state index >= 15 is 0 Å². The fourth-order valence-electron chi connectivity index (χ4n) is 2.28. The molecule has 2 heteroatoms. The Balaban J connectivity index is 2.11. The van der Waals surface area contributed by atoms with Crippen LogP contribution in [0.25, 0.3) is 0 Å². The molecule has 0 aromatic carbocycles. The van der Waals surface area contributed by atoms with Crippen molar-refractivity contribution < 1.29 is 4.74 Å². The van der Waals surface area contributed by atoms with Crippen LogP contribution in [0.1, 0.15) is 32.1 Å². The molecule has 0 bridgehead atoms. The second-order valence-corrected chi connectivity index (χ2v) is 3.52. The van der Waals surface area contributed by atoms with Crippen molar-refractivity contribution in [2.24, 2.45) is 5.73 Å². The summed E-state index contributed by atoms with van der Waals surface area (Å²) in [6, 6.07) is 0.329. The number of rotatable bonds is 0. The molecule has 2 nitrogen and oxygen atoms in total. The average molecular weight is 141 g/mol. The normalized spacial score (nSPS) is 47.1. The van der Waals surface area contributed by atoms with Gasteiger partial charge in [-0.15, -0.1) is 0 Å². The van der Waals surface area contributed by atoms with Crippen molar-refractivity contribution in [3.63, 3.8) is 0 Å². The Morgan fingerprint density at radius 3 is 2.60 bits per heavy atom. The molecule has 1 spiro atoms. The van der Waals surface area contributed by atoms with E-state index in [2.05, 4.69) is 0 Å². The summed E-state index contributed by atoms with van der Waals surface area (Å²) in [6.45, 7) is 0.938. The van der Waals surface area contributed by atoms with Gasteiger partial charge >= 0.3 is 0 Å². The molecule has 2 rings (SSSR count). The fourth-order valence-corrected chi connectivity index (χ4v) is 2.28. The monoisotopic (exact) mass is 141 g/mol. The number of hydrogen-bond acceptors (Lipinski definition) is 2. The maximum atomic E-state index is 5.95. The molecule has 2 N–H and O–H groups in total. The van der Waals surface area contributed by atoms with E-state index in [0.717, 1.165) is 6.61 Å². The van der Waals surface area contributed by atoms with Crippen LogP contribution in [0, 0.1) is 0 Å². The van der Waals surface area contributed by atoms with E-state index in [1.165, 1.54) is 32.1 Å². The highest BCUT2D eigenvalue weighted by Crippen LogP contribution is 2.39. The Labute approximate surface area is 61.7 Å². The van der Waals surface area contributed by atoms with Crippen LogP contribution in [-0.4, -0.2) is 18.2 Å². The summed E-state index contributed by atoms with van der Waals surface area (Å²) >= 11 is 0. The lowest BCUT2D eigenvalue weighted by Crippen LogP contribution is -2.42. The smallest absolute Gasteiger partial charge is 0.0833 e. The Hall–Kier alpha value is -0.0800. The molecule has 10 heavy (non-hydrogen) atoms. The zero-order chi connectivity index (χ0) is 7.03. The third kappa shape index (κ3) is 0.789. The minimum atomic E-state index is 0.125. The van der Waals surface area contributed by atoms with E-state index < -0.39 is 0 Å². The standard InChI is InChI=1S/C8H15NO/c9-7-3-1-4-8(7)5-2-6-10-8/h7H,1-6,9H2/t7-,8-/m0/s1. The molecule has 0 radical (unpaired) electrons. The third-order valence-electron chi connectivity index (χ3n) is 2.92. The molecular formula is C8H15NO. The summed E-state index contributed by atoms with van der Waals surface area (Å²) in [6.07, 6.45) is 6.05. The number of nitrogens with two attached hydrogens (primary N) is 1. The van der Waals surface area contributed by atoms with Gasteiger partial charge in [0, 0.05) is 12.6 Å². The van der Waals surface area contributed by atoms with Gasteiger partial charge in [0.2, 0.25) is 0 Å². The Bertz CT molecular complexity index is 124. The fraction of sp³-hybridized carbons (Fsp3) is 1.00. The van der Waals surface area contributed by atoms with Gasteiger partial charge in [-0.3, -0.25) is 0 Å². The first-order valence-electron chi connectivity index (χ1n) is 4.23. The Morgan fingerprint density at radius 1 is 1.30 bits per heavy atom. The van der Waals surface area contributed by atoms with E-state index in [1.807, 2.05) is 0 Å². The van der Waals surface area contributed by atoms with Gasteiger partial charge in [0.1, 0.15) is 0 Å². The topological polar surface area (TPSA) is 35.2 Å². The molecule has 1 saturated carbocycles. The molecule has 1 saturated heterocycles. The highest BCUT2D eigenvalue weighted by molar-refractivity contribution is 4.99. The molecule has 58 valence electrons. The molecule has 2 fully saturated rings. The van der Waals surface area contributed by atoms with Crippen molar-refractivity contribution in [1.29, 1.82) is 0 Å². The summed E-state index contributed by atoms with van der Waals surface area (Å²) in [5.74, 6) is 0. The minimum absolute atomic E-state index is 0.125. The van der Waals surface area contributed by atoms with Gasteiger partial charge in [0.25, 0.3) is 0 Å². The van der Waals surface area contributed by atoms with Crippen molar-refractivity contribution >= 4 is 0 Å². The van der Waals surface area contributed by atoms with Gasteiger partial charge in [0.15, 0.2) is 0 Å². The first-order valence-corrected chi connectivity index (χ1v) is 4.23. The summed E-state index contributed by atoms with van der Waals surface area (Å²) in [4.78, 5) is 0. The summed E-state index contributed by atoms with van der Waals surface area (Å²) < 4.78 is 5.69. The average Bonchev–Trinajstić information content (AvgIpc) is 2.48. The molecule has 0 unspecified atom stereocenters. The highest BCUT2D eigenvalue weighted by atomic mass is 16.5. The van der Waals surface area contributed by atoms with E-state index in [1.54, 1.807) is 0 Å². The first kappa shape index (κ1) is 6.62. The molecule has 0 aromatic rings. The number of hydrogen-bond donors (Lipinski definition) is 1. The summed E-state index contributed by atoms with van der Waals surface area (Å²) in [7, 11) is 0. The SMILES string of the molecule is N[C@H]1CCC[C@]12CCCO2. The zero-order valence-electron chi connectivity index (χ0n) is 6.31.